The first-order chi connectivity index (χ1) is 15.3. The van der Waals surface area contributed by atoms with Gasteiger partial charge in [0.2, 0.25) is 0 Å². The normalized spacial score (nSPS) is 22.5. The summed E-state index contributed by atoms with van der Waals surface area (Å²) in [6.45, 7) is -0.281. The number of nitrogens with zero attached hydrogens (tertiary/aromatic N) is 3. The second kappa shape index (κ2) is 9.92. The Hall–Kier alpha value is -1.65. The van der Waals surface area contributed by atoms with Gasteiger partial charge in [0.15, 0.2) is 5.90 Å². The average molecular weight is 525 g/mol. The van der Waals surface area contributed by atoms with Gasteiger partial charge in [-0.05, 0) is 12.8 Å². The highest BCUT2D eigenvalue weighted by Gasteiger charge is 2.40. The van der Waals surface area contributed by atoms with E-state index in [9.17, 15) is 23.5 Å². The van der Waals surface area contributed by atoms with Gasteiger partial charge in [0.05, 0.1) is 30.2 Å². The molecule has 18 heteroatoms. The predicted molar refractivity (Wildman–Crippen MR) is 115 cm³/mol. The van der Waals surface area contributed by atoms with Crippen LogP contribution in [-0.2, 0) is 27.3 Å². The van der Waals surface area contributed by atoms with Crippen LogP contribution in [0.3, 0.4) is 0 Å². The highest BCUT2D eigenvalue weighted by Crippen LogP contribution is 2.64. The van der Waals surface area contributed by atoms with Crippen molar-refractivity contribution in [1.82, 2.24) is 14.5 Å². The number of hydrogen-bond acceptors (Lipinski definition) is 10. The lowest BCUT2D eigenvalue weighted by Gasteiger charge is -2.19. The second-order valence-electron chi connectivity index (χ2n) is 6.99. The fraction of sp³-hybridized carbons (Fsp3) is 0.467. The molecule has 4 atom stereocenters. The Kier molecular flexibility index (Phi) is 7.80. The molecule has 0 aliphatic carbocycles. The van der Waals surface area contributed by atoms with Crippen molar-refractivity contribution in [3.05, 3.63) is 18.1 Å². The van der Waals surface area contributed by atoms with Gasteiger partial charge < -0.3 is 44.9 Å². The topological polar surface area (TPSA) is 243 Å². The first kappa shape index (κ1) is 26.0. The number of aromatic nitrogens is 3. The third kappa shape index (κ3) is 6.93. The van der Waals surface area contributed by atoms with Crippen LogP contribution in [0.1, 0.15) is 24.6 Å². The molecule has 15 nitrogen and oxygen atoms in total. The lowest BCUT2D eigenvalue weighted by atomic mass is 10.2. The van der Waals surface area contributed by atoms with E-state index in [1.807, 2.05) is 0 Å². The first-order valence-corrected chi connectivity index (χ1v) is 14.4. The monoisotopic (exact) mass is 525 g/mol. The molecule has 0 radical (unpaired) electrons. The first-order valence-electron chi connectivity index (χ1n) is 9.31. The third-order valence-corrected chi connectivity index (χ3v) is 9.70. The highest BCUT2D eigenvalue weighted by atomic mass is 31.3. The van der Waals surface area contributed by atoms with E-state index in [4.69, 9.17) is 30.5 Å². The Morgan fingerprint density at radius 2 is 1.91 bits per heavy atom. The van der Waals surface area contributed by atoms with Gasteiger partial charge in [-0.3, -0.25) is 9.13 Å². The fourth-order valence-electron chi connectivity index (χ4n) is 3.24. The quantitative estimate of drug-likeness (QED) is 0.203. The van der Waals surface area contributed by atoms with Gasteiger partial charge in [0.1, 0.15) is 24.0 Å². The van der Waals surface area contributed by atoms with E-state index in [0.29, 0.717) is 29.4 Å². The summed E-state index contributed by atoms with van der Waals surface area (Å²) in [5, 5.41) is 0.533. The summed E-state index contributed by atoms with van der Waals surface area (Å²) in [4.78, 5) is 44.7. The molecule has 0 amide bonds. The summed E-state index contributed by atoms with van der Waals surface area (Å²) in [5.74, 6) is 4.37. The minimum atomic E-state index is -5.35. The molecular weight excluding hydrogens is 503 g/mol. The van der Waals surface area contributed by atoms with Crippen molar-refractivity contribution in [3.63, 3.8) is 0 Å². The van der Waals surface area contributed by atoms with E-state index in [-0.39, 0.29) is 12.4 Å². The van der Waals surface area contributed by atoms with Gasteiger partial charge >= 0.3 is 23.0 Å². The number of hydrogen-bond donors (Lipinski definition) is 6. The number of nitrogen functional groups attached to an aromatic ring is 1. The van der Waals surface area contributed by atoms with Crippen LogP contribution < -0.4 is 11.5 Å². The molecule has 0 spiro atoms. The van der Waals surface area contributed by atoms with Gasteiger partial charge in [0, 0.05) is 6.20 Å². The number of fused-ring (bicyclic) bond motifs is 1. The molecule has 2 aromatic heterocycles. The van der Waals surface area contributed by atoms with Crippen molar-refractivity contribution >= 4 is 39.9 Å². The van der Waals surface area contributed by atoms with Crippen molar-refractivity contribution in [3.8, 4) is 11.8 Å². The van der Waals surface area contributed by atoms with Crippen LogP contribution in [-0.4, -0.2) is 59.3 Å². The summed E-state index contributed by atoms with van der Waals surface area (Å²) in [5.41, 5.74) is 12.4. The van der Waals surface area contributed by atoms with Gasteiger partial charge in [0.25, 0.3) is 0 Å². The smallest absolute Gasteiger partial charge is 0.383 e. The number of rotatable bonds is 8. The maximum absolute atomic E-state index is 12.1. The Labute approximate surface area is 187 Å². The van der Waals surface area contributed by atoms with Crippen molar-refractivity contribution in [1.29, 1.82) is 0 Å². The van der Waals surface area contributed by atoms with Crippen LogP contribution in [0.15, 0.2) is 12.5 Å². The third-order valence-electron chi connectivity index (χ3n) is 4.41. The average Bonchev–Trinajstić information content (AvgIpc) is 3.27. The van der Waals surface area contributed by atoms with Gasteiger partial charge in [-0.1, -0.05) is 11.8 Å². The minimum absolute atomic E-state index is 0.140. The molecular formula is C15H22N5O10P3. The molecule has 2 aromatic rings. The number of anilines is 1. The lowest BCUT2D eigenvalue weighted by Crippen LogP contribution is -2.16. The maximum atomic E-state index is 12.1. The maximum Gasteiger partial charge on any atom is 0.476 e. The SMILES string of the molecule is NCC#Cc1cn([C@H]2CC[C@@H](COP(=O)(O)CP(=O)(O)OP(=O)(O)O)O2)c2ncnc(N)c12. The standard InChI is InChI=1S/C15H22N5O10P3/c16-5-1-2-10-6-20(15-13(10)14(17)18-8-19-15)12-4-3-11(29-12)7-28-31(21,22)9-32(23,24)30-33(25,26)27/h6,8,11-12H,3-5,7,9,16H2,(H,21,22)(H,23,24)(H2,17,18,19)(H2,25,26,27)/t11-,12+/m0/s1. The molecule has 1 aliphatic heterocycles. The number of phosphoric acid groups is 1. The lowest BCUT2D eigenvalue weighted by molar-refractivity contribution is -0.0171. The summed E-state index contributed by atoms with van der Waals surface area (Å²) in [7, 11) is -15.2. The van der Waals surface area contributed by atoms with Gasteiger partial charge in [-0.2, -0.15) is 0 Å². The molecule has 1 fully saturated rings. The van der Waals surface area contributed by atoms with Crippen LogP contribution in [0.2, 0.25) is 0 Å². The molecule has 0 saturated carbocycles. The Balaban J connectivity index is 1.68. The Morgan fingerprint density at radius 3 is 2.58 bits per heavy atom. The fourth-order valence-corrected chi connectivity index (χ4v) is 7.77. The molecule has 2 unspecified atom stereocenters. The molecule has 0 aromatic carbocycles. The van der Waals surface area contributed by atoms with Crippen molar-refractivity contribution in [2.45, 2.75) is 25.2 Å². The van der Waals surface area contributed by atoms with Crippen LogP contribution >= 0.6 is 23.0 Å². The molecule has 3 rings (SSSR count). The molecule has 1 saturated heterocycles. The van der Waals surface area contributed by atoms with Crippen molar-refractivity contribution in [2.24, 2.45) is 5.73 Å². The van der Waals surface area contributed by atoms with Crippen LogP contribution in [0.25, 0.3) is 11.0 Å². The number of ether oxygens (including phenoxy) is 1. The predicted octanol–water partition coefficient (Wildman–Crippen LogP) is 0.455. The minimum Gasteiger partial charge on any atom is -0.383 e. The van der Waals surface area contributed by atoms with Crippen molar-refractivity contribution in [2.75, 3.05) is 24.8 Å². The van der Waals surface area contributed by atoms with E-state index >= 15 is 0 Å². The number of nitrogens with two attached hydrogens (primary N) is 2. The van der Waals surface area contributed by atoms with E-state index in [2.05, 4.69) is 26.1 Å². The van der Waals surface area contributed by atoms with Crippen LogP contribution in [0.4, 0.5) is 5.82 Å². The zero-order chi connectivity index (χ0) is 24.4. The summed E-state index contributed by atoms with van der Waals surface area (Å²) < 4.78 is 50.6. The molecule has 0 bridgehead atoms. The Morgan fingerprint density at radius 1 is 1.18 bits per heavy atom. The van der Waals surface area contributed by atoms with Gasteiger partial charge in [-0.15, -0.1) is 0 Å². The van der Waals surface area contributed by atoms with Crippen LogP contribution in [0.5, 0.6) is 0 Å². The van der Waals surface area contributed by atoms with E-state index in [1.165, 1.54) is 6.33 Å². The molecule has 3 heterocycles. The molecule has 33 heavy (non-hydrogen) atoms. The molecule has 1 aliphatic rings. The van der Waals surface area contributed by atoms with E-state index in [0.717, 1.165) is 0 Å². The summed E-state index contributed by atoms with van der Waals surface area (Å²) >= 11 is 0. The largest absolute Gasteiger partial charge is 0.476 e. The van der Waals surface area contributed by atoms with Crippen LogP contribution in [0, 0.1) is 11.8 Å². The van der Waals surface area contributed by atoms with Gasteiger partial charge in [-0.25, -0.2) is 18.8 Å². The zero-order valence-electron chi connectivity index (χ0n) is 16.9. The summed E-state index contributed by atoms with van der Waals surface area (Å²) in [6.07, 6.45) is 2.66. The Bertz CT molecular complexity index is 1230. The summed E-state index contributed by atoms with van der Waals surface area (Å²) in [6, 6.07) is 0. The van der Waals surface area contributed by atoms with Crippen molar-refractivity contribution < 1.29 is 46.8 Å². The van der Waals surface area contributed by atoms with E-state index in [1.54, 1.807) is 10.8 Å². The zero-order valence-corrected chi connectivity index (χ0v) is 19.6. The van der Waals surface area contributed by atoms with E-state index < -0.39 is 47.9 Å². The molecule has 182 valence electrons. The highest BCUT2D eigenvalue weighted by molar-refractivity contribution is 7.74. The molecule has 8 N–H and O–H groups in total. The second-order valence-corrected chi connectivity index (χ2v) is 12.6.